The molecular formula is C12H16F2N2O4. The van der Waals surface area contributed by atoms with Crippen molar-refractivity contribution in [3.8, 4) is 0 Å². The topological polar surface area (TPSA) is 82.0 Å². The Hall–Kier alpha value is -1.51. The lowest BCUT2D eigenvalue weighted by Crippen LogP contribution is -2.47. The van der Waals surface area contributed by atoms with Crippen molar-refractivity contribution < 1.29 is 28.5 Å². The molecule has 20 heavy (non-hydrogen) atoms. The third-order valence-corrected chi connectivity index (χ3v) is 3.58. The number of halogens is 2. The van der Waals surface area contributed by atoms with Crippen molar-refractivity contribution in [2.75, 3.05) is 20.0 Å². The number of nitrogens with zero attached hydrogens (tertiary/aromatic N) is 1. The third kappa shape index (κ3) is 2.19. The molecule has 1 amide bonds. The van der Waals surface area contributed by atoms with Crippen LogP contribution in [0.5, 0.6) is 0 Å². The molecule has 4 atom stereocenters. The monoisotopic (exact) mass is 290 g/mol. The number of aliphatic hydroxyl groups is 2. The quantitative estimate of drug-likeness (QED) is 0.644. The van der Waals surface area contributed by atoms with Crippen LogP contribution in [0.3, 0.4) is 0 Å². The van der Waals surface area contributed by atoms with E-state index in [0.29, 0.717) is 0 Å². The summed E-state index contributed by atoms with van der Waals surface area (Å²) in [6.45, 7) is 0.671. The Morgan fingerprint density at radius 3 is 2.75 bits per heavy atom. The number of aliphatic hydroxyl groups excluding tert-OH is 2. The molecule has 2 aliphatic rings. The van der Waals surface area contributed by atoms with Gasteiger partial charge in [-0.3, -0.25) is 9.18 Å². The number of carbonyl (C=O) groups excluding carboxylic acids is 1. The van der Waals surface area contributed by atoms with Crippen LogP contribution in [0.25, 0.3) is 0 Å². The van der Waals surface area contributed by atoms with Crippen LogP contribution in [0.15, 0.2) is 24.7 Å². The van der Waals surface area contributed by atoms with Gasteiger partial charge in [-0.1, -0.05) is 6.58 Å². The maximum absolute atomic E-state index is 13.2. The summed E-state index contributed by atoms with van der Waals surface area (Å²) in [5.41, 5.74) is -1.86. The van der Waals surface area contributed by atoms with Crippen LogP contribution in [0.4, 0.5) is 8.78 Å². The average Bonchev–Trinajstić information content (AvgIpc) is 2.71. The number of ether oxygens (including phenoxy) is 1. The van der Waals surface area contributed by atoms with E-state index in [4.69, 9.17) is 4.74 Å². The highest BCUT2D eigenvalue weighted by Gasteiger charge is 2.56. The molecule has 0 radical (unpaired) electrons. The fourth-order valence-electron chi connectivity index (χ4n) is 2.38. The van der Waals surface area contributed by atoms with Gasteiger partial charge in [0, 0.05) is 12.3 Å². The summed E-state index contributed by atoms with van der Waals surface area (Å²) in [5, 5.41) is 21.6. The number of rotatable bonds is 4. The van der Waals surface area contributed by atoms with Crippen molar-refractivity contribution in [1.82, 2.24) is 10.2 Å². The number of hydrogen-bond donors (Lipinski definition) is 3. The number of carbonyl (C=O) groups is 1. The van der Waals surface area contributed by atoms with Crippen LogP contribution in [-0.2, 0) is 9.53 Å². The summed E-state index contributed by atoms with van der Waals surface area (Å²) < 4.78 is 31.6. The molecule has 8 heteroatoms. The predicted octanol–water partition coefficient (Wildman–Crippen LogP) is -0.593. The number of hydrogen-bond acceptors (Lipinski definition) is 5. The maximum atomic E-state index is 13.2. The molecule has 2 aliphatic heterocycles. The number of amides is 1. The Bertz CT molecular complexity index is 439. The van der Waals surface area contributed by atoms with E-state index in [1.807, 2.05) is 0 Å². The van der Waals surface area contributed by atoms with Crippen LogP contribution in [0, 0.1) is 5.92 Å². The second kappa shape index (κ2) is 5.47. The Morgan fingerprint density at radius 2 is 2.25 bits per heavy atom. The van der Waals surface area contributed by atoms with Gasteiger partial charge in [-0.05, 0) is 0 Å². The van der Waals surface area contributed by atoms with Crippen molar-refractivity contribution in [2.45, 2.75) is 17.9 Å². The van der Waals surface area contributed by atoms with Crippen LogP contribution >= 0.6 is 0 Å². The molecule has 0 unspecified atom stereocenters. The highest BCUT2D eigenvalue weighted by Crippen LogP contribution is 2.39. The molecule has 0 aromatic rings. The molecule has 0 bridgehead atoms. The lowest BCUT2D eigenvalue weighted by atomic mass is 9.91. The molecule has 0 aromatic heterocycles. The van der Waals surface area contributed by atoms with E-state index in [9.17, 15) is 23.8 Å². The normalized spacial score (nSPS) is 37.4. The Labute approximate surface area is 114 Å². The Balaban J connectivity index is 2.29. The van der Waals surface area contributed by atoms with E-state index in [2.05, 4.69) is 11.9 Å². The number of alkyl halides is 2. The lowest BCUT2D eigenvalue weighted by molar-refractivity contribution is -0.144. The second-order valence-corrected chi connectivity index (χ2v) is 4.79. The molecule has 0 saturated carbocycles. The summed E-state index contributed by atoms with van der Waals surface area (Å²) in [7, 11) is 0. The molecule has 0 aromatic carbocycles. The fourth-order valence-corrected chi connectivity index (χ4v) is 2.38. The van der Waals surface area contributed by atoms with E-state index >= 15 is 0 Å². The van der Waals surface area contributed by atoms with Gasteiger partial charge >= 0.3 is 0 Å². The standard InChI is InChI=1S/C12H16F2N2O4/c1-7-15-9(18)2-3-16(7)11-8(4-13)10(19)12(5-14,6-17)20-11/h2-3,8,10-11,17,19H,1,4-6H2,(H,15,18)/t8-,10-,11+,12+/m0/s1. The summed E-state index contributed by atoms with van der Waals surface area (Å²) in [6.07, 6.45) is -0.0883. The minimum atomic E-state index is -1.86. The lowest BCUT2D eigenvalue weighted by Gasteiger charge is -2.34. The summed E-state index contributed by atoms with van der Waals surface area (Å²) in [5.74, 6) is -1.35. The van der Waals surface area contributed by atoms with Crippen LogP contribution in [-0.4, -0.2) is 58.9 Å². The zero-order chi connectivity index (χ0) is 14.9. The van der Waals surface area contributed by atoms with Gasteiger partial charge < -0.3 is 25.2 Å². The first-order valence-corrected chi connectivity index (χ1v) is 6.04. The first-order valence-electron chi connectivity index (χ1n) is 6.04. The Kier molecular flexibility index (Phi) is 4.07. The van der Waals surface area contributed by atoms with Crippen molar-refractivity contribution in [3.05, 3.63) is 24.7 Å². The van der Waals surface area contributed by atoms with Gasteiger partial charge in [0.2, 0.25) is 0 Å². The van der Waals surface area contributed by atoms with E-state index in [1.54, 1.807) is 0 Å². The summed E-state index contributed by atoms with van der Waals surface area (Å²) in [4.78, 5) is 12.4. The highest BCUT2D eigenvalue weighted by molar-refractivity contribution is 5.89. The summed E-state index contributed by atoms with van der Waals surface area (Å²) in [6, 6.07) is 0. The minimum Gasteiger partial charge on any atom is -0.393 e. The molecular weight excluding hydrogens is 274 g/mol. The van der Waals surface area contributed by atoms with Gasteiger partial charge in [0.25, 0.3) is 5.91 Å². The molecule has 6 nitrogen and oxygen atoms in total. The largest absolute Gasteiger partial charge is 0.393 e. The maximum Gasteiger partial charge on any atom is 0.250 e. The molecule has 2 rings (SSSR count). The molecule has 0 spiro atoms. The summed E-state index contributed by atoms with van der Waals surface area (Å²) >= 11 is 0. The van der Waals surface area contributed by atoms with E-state index in [-0.39, 0.29) is 5.82 Å². The van der Waals surface area contributed by atoms with Gasteiger partial charge in [-0.2, -0.15) is 0 Å². The fraction of sp³-hybridized carbons (Fsp3) is 0.583. The van der Waals surface area contributed by atoms with Crippen molar-refractivity contribution >= 4 is 5.91 Å². The second-order valence-electron chi connectivity index (χ2n) is 4.79. The molecule has 2 heterocycles. The van der Waals surface area contributed by atoms with E-state index in [0.717, 1.165) is 0 Å². The molecule has 1 saturated heterocycles. The van der Waals surface area contributed by atoms with Gasteiger partial charge in [0.15, 0.2) is 0 Å². The average molecular weight is 290 g/mol. The van der Waals surface area contributed by atoms with Crippen LogP contribution in [0.1, 0.15) is 0 Å². The van der Waals surface area contributed by atoms with Gasteiger partial charge in [-0.25, -0.2) is 4.39 Å². The van der Waals surface area contributed by atoms with Crippen LogP contribution in [0.2, 0.25) is 0 Å². The van der Waals surface area contributed by atoms with Crippen molar-refractivity contribution in [3.63, 3.8) is 0 Å². The Morgan fingerprint density at radius 1 is 1.55 bits per heavy atom. The highest BCUT2D eigenvalue weighted by atomic mass is 19.1. The van der Waals surface area contributed by atoms with Crippen molar-refractivity contribution in [1.29, 1.82) is 0 Å². The molecule has 0 aliphatic carbocycles. The molecule has 3 N–H and O–H groups in total. The van der Waals surface area contributed by atoms with E-state index in [1.165, 1.54) is 17.2 Å². The SMILES string of the molecule is C=C1NC(=O)C=CN1[C@@H]1O[C@@](CO)(CF)[C@@H](O)[C@@H]1CF. The minimum absolute atomic E-state index is 0.126. The molecule has 1 fully saturated rings. The number of nitrogens with one attached hydrogen (secondary N) is 1. The first kappa shape index (κ1) is 14.9. The van der Waals surface area contributed by atoms with Crippen molar-refractivity contribution in [2.24, 2.45) is 5.92 Å². The zero-order valence-electron chi connectivity index (χ0n) is 10.6. The van der Waals surface area contributed by atoms with E-state index < -0.39 is 49.7 Å². The zero-order valence-corrected chi connectivity index (χ0v) is 10.6. The van der Waals surface area contributed by atoms with Gasteiger partial charge in [-0.15, -0.1) is 0 Å². The van der Waals surface area contributed by atoms with Gasteiger partial charge in [0.05, 0.1) is 25.3 Å². The van der Waals surface area contributed by atoms with Crippen LogP contribution < -0.4 is 5.32 Å². The predicted molar refractivity (Wildman–Crippen MR) is 64.4 cm³/mol. The smallest absolute Gasteiger partial charge is 0.250 e. The third-order valence-electron chi connectivity index (χ3n) is 3.58. The van der Waals surface area contributed by atoms with Gasteiger partial charge in [0.1, 0.15) is 24.3 Å². The molecule has 112 valence electrons. The first-order chi connectivity index (χ1) is 9.49.